The lowest BCUT2D eigenvalue weighted by Crippen LogP contribution is -3.22. The fourth-order valence-corrected chi connectivity index (χ4v) is 5.19. The molecular weight excluding hydrogens is 476 g/mol. The van der Waals surface area contributed by atoms with Crippen molar-refractivity contribution in [2.75, 3.05) is 12.4 Å². The molecule has 2 bridgehead atoms. The molecule has 3 aliphatic rings. The van der Waals surface area contributed by atoms with Gasteiger partial charge in [-0.2, -0.15) is 13.2 Å². The van der Waals surface area contributed by atoms with Gasteiger partial charge in [0.25, 0.3) is 0 Å². The summed E-state index contributed by atoms with van der Waals surface area (Å²) in [6, 6.07) is 14.0. The zero-order valence-corrected chi connectivity index (χ0v) is 19.4. The molecule has 0 heterocycles. The Labute approximate surface area is 199 Å². The van der Waals surface area contributed by atoms with Crippen molar-refractivity contribution in [2.24, 2.45) is 11.3 Å². The number of carbonyl (C=O) groups is 2. The van der Waals surface area contributed by atoms with E-state index in [2.05, 4.69) is 18.4 Å². The number of aliphatic carboxylic acids is 1. The summed E-state index contributed by atoms with van der Waals surface area (Å²) in [6.07, 6.45) is -1.93. The summed E-state index contributed by atoms with van der Waals surface area (Å²) in [6.45, 7) is 2.97. The van der Waals surface area contributed by atoms with Crippen LogP contribution in [0, 0.1) is 17.2 Å². The first-order valence-electron chi connectivity index (χ1n) is 10.7. The smallest absolute Gasteiger partial charge is 0.430 e. The predicted molar refractivity (Wildman–Crippen MR) is 116 cm³/mol. The molecule has 184 valence electrons. The number of hydrogen-bond acceptors (Lipinski definition) is 3. The minimum Gasteiger partial charge on any atom is -0.542 e. The van der Waals surface area contributed by atoms with Gasteiger partial charge in [0, 0.05) is 41.5 Å². The number of carboxylic acid groups (broad SMARTS) is 1. The number of hydrogen-bond donors (Lipinski definition) is 2. The molecule has 2 atom stereocenters. The Morgan fingerprint density at radius 3 is 2.21 bits per heavy atom. The van der Waals surface area contributed by atoms with E-state index in [0.717, 1.165) is 30.8 Å². The third-order valence-corrected chi connectivity index (χ3v) is 7.23. The van der Waals surface area contributed by atoms with Gasteiger partial charge in [-0.1, -0.05) is 30.7 Å². The molecule has 0 spiro atoms. The SMILES string of the molecule is C[C@H](C(=O)Nc1ccc(F)cc1)C12CC([NH+](C)Cc3cccc(Cl)c3)(C1)C2.O=C([O-])C(F)(F)F. The van der Waals surface area contributed by atoms with E-state index in [4.69, 9.17) is 21.5 Å². The van der Waals surface area contributed by atoms with Crippen molar-refractivity contribution in [3.63, 3.8) is 0 Å². The number of rotatable bonds is 6. The molecule has 1 amide bonds. The highest BCUT2D eigenvalue weighted by Gasteiger charge is 2.75. The lowest BCUT2D eigenvalue weighted by molar-refractivity contribution is -0.976. The van der Waals surface area contributed by atoms with Crippen LogP contribution in [0.4, 0.5) is 23.2 Å². The Balaban J connectivity index is 0.000000406. The number of alkyl halides is 3. The quantitative estimate of drug-likeness (QED) is 0.599. The fourth-order valence-electron chi connectivity index (χ4n) is 4.98. The number of halogens is 5. The van der Waals surface area contributed by atoms with E-state index in [1.54, 1.807) is 12.1 Å². The van der Waals surface area contributed by atoms with Gasteiger partial charge >= 0.3 is 6.18 Å². The molecule has 3 saturated carbocycles. The second kappa shape index (κ2) is 9.54. The van der Waals surface area contributed by atoms with Crippen LogP contribution in [0.25, 0.3) is 0 Å². The van der Waals surface area contributed by atoms with Crippen molar-refractivity contribution in [3.05, 3.63) is 64.9 Å². The maximum absolute atomic E-state index is 13.0. The number of carbonyl (C=O) groups excluding carboxylic acids is 2. The average molecular weight is 501 g/mol. The van der Waals surface area contributed by atoms with Crippen LogP contribution >= 0.6 is 11.6 Å². The van der Waals surface area contributed by atoms with E-state index in [1.807, 2.05) is 25.1 Å². The van der Waals surface area contributed by atoms with Crippen LogP contribution in [-0.2, 0) is 16.1 Å². The molecule has 2 aromatic rings. The molecule has 5 nitrogen and oxygen atoms in total. The molecule has 0 aromatic heterocycles. The monoisotopic (exact) mass is 500 g/mol. The first kappa shape index (κ1) is 26.0. The van der Waals surface area contributed by atoms with Crippen molar-refractivity contribution in [1.82, 2.24) is 0 Å². The van der Waals surface area contributed by atoms with E-state index in [1.165, 1.54) is 22.6 Å². The lowest BCUT2D eigenvalue weighted by atomic mass is 9.35. The highest BCUT2D eigenvalue weighted by Crippen LogP contribution is 2.69. The van der Waals surface area contributed by atoms with E-state index < -0.39 is 12.1 Å². The van der Waals surface area contributed by atoms with Crippen LogP contribution in [0.3, 0.4) is 0 Å². The van der Waals surface area contributed by atoms with Crippen molar-refractivity contribution < 1.29 is 37.2 Å². The standard InChI is InChI=1S/C22H24ClFN2O.C2HF3O2/c1-15(20(27)25-19-8-6-18(24)7-9-19)21-12-22(13-21,14-21)26(2)11-16-4-3-5-17(23)10-16;3-2(4,5)1(6)7/h3-10,15H,11-14H2,1-2H3,(H,25,27);(H,6,7)/t15-,21?,22?;/m1./s1. The number of benzene rings is 2. The van der Waals surface area contributed by atoms with Crippen LogP contribution < -0.4 is 15.3 Å². The Morgan fingerprint density at radius 2 is 1.71 bits per heavy atom. The Bertz CT molecular complexity index is 1040. The second-order valence-electron chi connectivity index (χ2n) is 9.26. The molecular formula is C24H25ClF4N2O3. The van der Waals surface area contributed by atoms with Crippen molar-refractivity contribution in [2.45, 2.75) is 44.4 Å². The molecule has 3 aliphatic carbocycles. The van der Waals surface area contributed by atoms with Crippen molar-refractivity contribution in [3.8, 4) is 0 Å². The van der Waals surface area contributed by atoms with Crippen LogP contribution in [0.2, 0.25) is 5.02 Å². The van der Waals surface area contributed by atoms with E-state index in [-0.39, 0.29) is 23.1 Å². The molecule has 0 aliphatic heterocycles. The van der Waals surface area contributed by atoms with Gasteiger partial charge in [-0.05, 0) is 41.8 Å². The van der Waals surface area contributed by atoms with Crippen LogP contribution in [0.1, 0.15) is 31.7 Å². The maximum atomic E-state index is 13.0. The normalized spacial score (nSPS) is 24.4. The first-order chi connectivity index (χ1) is 15.8. The largest absolute Gasteiger partial charge is 0.542 e. The number of amides is 1. The van der Waals surface area contributed by atoms with Crippen LogP contribution in [0.5, 0.6) is 0 Å². The van der Waals surface area contributed by atoms with E-state index in [0.29, 0.717) is 11.2 Å². The van der Waals surface area contributed by atoms with Crippen molar-refractivity contribution >= 4 is 29.2 Å². The molecule has 0 saturated heterocycles. The number of nitrogens with one attached hydrogen (secondary N) is 2. The minimum absolute atomic E-state index is 0.0300. The van der Waals surface area contributed by atoms with Gasteiger partial charge < -0.3 is 20.1 Å². The molecule has 3 fully saturated rings. The van der Waals surface area contributed by atoms with Crippen LogP contribution in [-0.4, -0.2) is 30.6 Å². The number of anilines is 1. The summed E-state index contributed by atoms with van der Waals surface area (Å²) < 4.78 is 44.6. The van der Waals surface area contributed by atoms with Gasteiger partial charge in [0.1, 0.15) is 18.3 Å². The third-order valence-electron chi connectivity index (χ3n) is 6.99. The molecule has 1 unspecified atom stereocenters. The summed E-state index contributed by atoms with van der Waals surface area (Å²) in [4.78, 5) is 22.9. The number of carboxylic acids is 1. The Morgan fingerprint density at radius 1 is 1.15 bits per heavy atom. The topological polar surface area (TPSA) is 73.7 Å². The minimum atomic E-state index is -5.19. The zero-order chi connectivity index (χ0) is 25.3. The van der Waals surface area contributed by atoms with Gasteiger partial charge in [0.15, 0.2) is 0 Å². The highest BCUT2D eigenvalue weighted by atomic mass is 35.5. The number of quaternary nitrogens is 1. The highest BCUT2D eigenvalue weighted by molar-refractivity contribution is 6.30. The van der Waals surface area contributed by atoms with Crippen molar-refractivity contribution in [1.29, 1.82) is 0 Å². The van der Waals surface area contributed by atoms with E-state index in [9.17, 15) is 22.4 Å². The maximum Gasteiger partial charge on any atom is 0.430 e. The molecule has 0 radical (unpaired) electrons. The summed E-state index contributed by atoms with van der Waals surface area (Å²) >= 11 is 6.10. The fraction of sp³-hybridized carbons (Fsp3) is 0.417. The summed E-state index contributed by atoms with van der Waals surface area (Å²) in [5.41, 5.74) is 2.33. The zero-order valence-electron chi connectivity index (χ0n) is 18.6. The first-order valence-corrected chi connectivity index (χ1v) is 11.1. The summed E-state index contributed by atoms with van der Waals surface area (Å²) in [7, 11) is 2.24. The molecule has 34 heavy (non-hydrogen) atoms. The Hall–Kier alpha value is -2.65. The molecule has 2 aromatic carbocycles. The second-order valence-corrected chi connectivity index (χ2v) is 9.70. The summed E-state index contributed by atoms with van der Waals surface area (Å²) in [5, 5.41) is 12.5. The van der Waals surface area contributed by atoms with Gasteiger partial charge in [0.05, 0.1) is 12.6 Å². The Kier molecular flexibility index (Phi) is 7.28. The van der Waals surface area contributed by atoms with Crippen LogP contribution in [0.15, 0.2) is 48.5 Å². The van der Waals surface area contributed by atoms with Gasteiger partial charge in [-0.15, -0.1) is 0 Å². The molecule has 5 rings (SSSR count). The lowest BCUT2D eigenvalue weighted by Gasteiger charge is -2.72. The van der Waals surface area contributed by atoms with Gasteiger partial charge in [0.2, 0.25) is 5.91 Å². The summed E-state index contributed by atoms with van der Waals surface area (Å²) in [5.74, 6) is -3.31. The van der Waals surface area contributed by atoms with Gasteiger partial charge in [-0.25, -0.2) is 4.39 Å². The third kappa shape index (κ3) is 5.52. The predicted octanol–water partition coefficient (Wildman–Crippen LogP) is 2.99. The van der Waals surface area contributed by atoms with Gasteiger partial charge in [-0.3, -0.25) is 4.79 Å². The average Bonchev–Trinajstić information content (AvgIpc) is 2.67. The van der Waals surface area contributed by atoms with E-state index >= 15 is 0 Å². The molecule has 2 N–H and O–H groups in total. The molecule has 10 heteroatoms.